The summed E-state index contributed by atoms with van der Waals surface area (Å²) < 4.78 is 0. The molecule has 3 amide bonds. The molecule has 1 aromatic carbocycles. The fourth-order valence-electron chi connectivity index (χ4n) is 3.60. The number of piperidine rings is 1. The summed E-state index contributed by atoms with van der Waals surface area (Å²) in [6.45, 7) is 1.26. The van der Waals surface area contributed by atoms with E-state index in [1.807, 2.05) is 24.4 Å². The van der Waals surface area contributed by atoms with Gasteiger partial charge in [-0.15, -0.1) is 0 Å². The molecule has 2 unspecified atom stereocenters. The minimum Gasteiger partial charge on any atom is -0.361 e. The predicted molar refractivity (Wildman–Crippen MR) is 86.8 cm³/mol. The summed E-state index contributed by atoms with van der Waals surface area (Å²) in [7, 11) is 0. The lowest BCUT2D eigenvalue weighted by Gasteiger charge is -2.40. The number of aromatic nitrogens is 1. The molecule has 2 saturated heterocycles. The molecule has 4 rings (SSSR count). The Kier molecular flexibility index (Phi) is 3.53. The highest BCUT2D eigenvalue weighted by atomic mass is 16.2. The summed E-state index contributed by atoms with van der Waals surface area (Å²) in [5.74, 6) is -0.185. The minimum absolute atomic E-state index is 0.0502. The molecule has 2 fully saturated rings. The van der Waals surface area contributed by atoms with E-state index in [1.54, 1.807) is 0 Å². The maximum atomic E-state index is 12.6. The van der Waals surface area contributed by atoms with Gasteiger partial charge in [0.25, 0.3) is 0 Å². The number of nitrogens with one attached hydrogen (secondary N) is 3. The molecule has 2 aliphatic rings. The van der Waals surface area contributed by atoms with Crippen molar-refractivity contribution in [3.8, 4) is 0 Å². The van der Waals surface area contributed by atoms with Gasteiger partial charge in [0.05, 0.1) is 12.1 Å². The van der Waals surface area contributed by atoms with Crippen molar-refractivity contribution in [2.75, 3.05) is 13.1 Å². The minimum atomic E-state index is -0.287. The molecule has 0 aliphatic carbocycles. The van der Waals surface area contributed by atoms with E-state index >= 15 is 0 Å². The summed E-state index contributed by atoms with van der Waals surface area (Å²) in [6, 6.07) is 7.78. The Morgan fingerprint density at radius 1 is 1.22 bits per heavy atom. The first kappa shape index (κ1) is 14.3. The van der Waals surface area contributed by atoms with E-state index in [1.165, 1.54) is 4.90 Å². The number of imide groups is 1. The number of hydrogen-bond acceptors (Lipinski definition) is 3. The summed E-state index contributed by atoms with van der Waals surface area (Å²) in [5, 5.41) is 7.27. The van der Waals surface area contributed by atoms with Crippen molar-refractivity contribution < 1.29 is 9.59 Å². The van der Waals surface area contributed by atoms with Crippen molar-refractivity contribution in [2.45, 2.75) is 25.4 Å². The van der Waals surface area contributed by atoms with E-state index in [2.05, 4.69) is 21.7 Å². The molecule has 3 N–H and O–H groups in total. The van der Waals surface area contributed by atoms with Gasteiger partial charge < -0.3 is 10.3 Å². The number of H-pyrrole nitrogens is 1. The van der Waals surface area contributed by atoms with Crippen molar-refractivity contribution in [2.24, 2.45) is 5.92 Å². The topological polar surface area (TPSA) is 77.2 Å². The van der Waals surface area contributed by atoms with Crippen LogP contribution < -0.4 is 10.6 Å². The lowest BCUT2D eigenvalue weighted by Crippen LogP contribution is -2.66. The number of hydrogen-bond donors (Lipinski definition) is 3. The fraction of sp³-hybridized carbons (Fsp3) is 0.412. The van der Waals surface area contributed by atoms with Crippen LogP contribution in [0.25, 0.3) is 10.9 Å². The van der Waals surface area contributed by atoms with Crippen molar-refractivity contribution in [1.82, 2.24) is 20.5 Å². The third-order valence-electron chi connectivity index (χ3n) is 4.85. The number of amides is 3. The normalized spacial score (nSPS) is 24.6. The second-order valence-electron chi connectivity index (χ2n) is 6.23. The number of rotatable bonds is 3. The summed E-state index contributed by atoms with van der Waals surface area (Å²) in [4.78, 5) is 29.4. The van der Waals surface area contributed by atoms with Gasteiger partial charge in [0.15, 0.2) is 0 Å². The molecule has 1 aromatic heterocycles. The van der Waals surface area contributed by atoms with E-state index in [0.29, 0.717) is 13.0 Å². The standard InChI is InChI=1S/C17H20N4O2/c22-16-13-5-3-8-18-15(13)20-17(23)21(16)9-7-11-10-19-14-6-2-1-4-12(11)14/h1-2,4,6,10,13,15,18-19H,3,5,7-9H2,(H,20,23). The van der Waals surface area contributed by atoms with Crippen molar-refractivity contribution in [3.05, 3.63) is 36.0 Å². The third kappa shape index (κ3) is 2.49. The Morgan fingerprint density at radius 2 is 2.09 bits per heavy atom. The van der Waals surface area contributed by atoms with E-state index in [4.69, 9.17) is 0 Å². The smallest absolute Gasteiger partial charge is 0.325 e. The number of carbonyl (C=O) groups is 2. The second-order valence-corrected chi connectivity index (χ2v) is 6.23. The van der Waals surface area contributed by atoms with Gasteiger partial charge in [-0.25, -0.2) is 4.79 Å². The van der Waals surface area contributed by atoms with Crippen molar-refractivity contribution in [1.29, 1.82) is 0 Å². The van der Waals surface area contributed by atoms with Gasteiger partial charge in [-0.3, -0.25) is 15.0 Å². The maximum absolute atomic E-state index is 12.6. The largest absolute Gasteiger partial charge is 0.361 e. The zero-order valence-electron chi connectivity index (χ0n) is 12.8. The zero-order valence-corrected chi connectivity index (χ0v) is 12.8. The van der Waals surface area contributed by atoms with Gasteiger partial charge in [0.1, 0.15) is 0 Å². The fourth-order valence-corrected chi connectivity index (χ4v) is 3.60. The number of urea groups is 1. The van der Waals surface area contributed by atoms with E-state index in [-0.39, 0.29) is 24.0 Å². The van der Waals surface area contributed by atoms with Gasteiger partial charge in [0, 0.05) is 23.6 Å². The van der Waals surface area contributed by atoms with Crippen LogP contribution in [0.2, 0.25) is 0 Å². The highest BCUT2D eigenvalue weighted by Crippen LogP contribution is 2.23. The molecule has 2 aromatic rings. The molecule has 120 valence electrons. The van der Waals surface area contributed by atoms with E-state index < -0.39 is 0 Å². The van der Waals surface area contributed by atoms with Crippen molar-refractivity contribution >= 4 is 22.8 Å². The van der Waals surface area contributed by atoms with Crippen LogP contribution in [-0.4, -0.2) is 41.1 Å². The molecule has 0 spiro atoms. The lowest BCUT2D eigenvalue weighted by atomic mass is 9.92. The number of para-hydroxylation sites is 1. The molecular formula is C17H20N4O2. The molecule has 23 heavy (non-hydrogen) atoms. The average Bonchev–Trinajstić information content (AvgIpc) is 2.98. The number of carbonyl (C=O) groups excluding carboxylic acids is 2. The Hall–Kier alpha value is -2.34. The van der Waals surface area contributed by atoms with Gasteiger partial charge in [-0.05, 0) is 37.4 Å². The zero-order chi connectivity index (χ0) is 15.8. The molecule has 0 bridgehead atoms. The molecular weight excluding hydrogens is 292 g/mol. The number of fused-ring (bicyclic) bond motifs is 2. The number of aromatic amines is 1. The first-order valence-corrected chi connectivity index (χ1v) is 8.14. The van der Waals surface area contributed by atoms with E-state index in [0.717, 1.165) is 35.9 Å². The van der Waals surface area contributed by atoms with Crippen molar-refractivity contribution in [3.63, 3.8) is 0 Å². The van der Waals surface area contributed by atoms with Crippen LogP contribution in [0.1, 0.15) is 18.4 Å². The second kappa shape index (κ2) is 5.70. The van der Waals surface area contributed by atoms with Gasteiger partial charge >= 0.3 is 6.03 Å². The third-order valence-corrected chi connectivity index (χ3v) is 4.85. The Labute approximate surface area is 134 Å². The van der Waals surface area contributed by atoms with Crippen LogP contribution >= 0.6 is 0 Å². The first-order valence-electron chi connectivity index (χ1n) is 8.14. The highest BCUT2D eigenvalue weighted by Gasteiger charge is 2.41. The van der Waals surface area contributed by atoms with Crippen LogP contribution in [0.4, 0.5) is 4.79 Å². The average molecular weight is 312 g/mol. The molecule has 6 nitrogen and oxygen atoms in total. The molecule has 2 atom stereocenters. The Bertz CT molecular complexity index is 754. The SMILES string of the molecule is O=C1NC2NCCCC2C(=O)N1CCc1c[nH]c2ccccc12. The molecule has 3 heterocycles. The molecule has 6 heteroatoms. The first-order chi connectivity index (χ1) is 11.2. The van der Waals surface area contributed by atoms with Crippen LogP contribution in [0.3, 0.4) is 0 Å². The van der Waals surface area contributed by atoms with Crippen LogP contribution in [0.5, 0.6) is 0 Å². The summed E-state index contributed by atoms with van der Waals surface area (Å²) in [5.41, 5.74) is 2.21. The van der Waals surface area contributed by atoms with Gasteiger partial charge in [-0.1, -0.05) is 18.2 Å². The summed E-state index contributed by atoms with van der Waals surface area (Å²) in [6.07, 6.45) is 4.23. The van der Waals surface area contributed by atoms with Crippen LogP contribution in [0, 0.1) is 5.92 Å². The quantitative estimate of drug-likeness (QED) is 0.805. The number of nitrogens with zero attached hydrogens (tertiary/aromatic N) is 1. The Morgan fingerprint density at radius 3 is 3.00 bits per heavy atom. The molecule has 2 aliphatic heterocycles. The molecule has 0 radical (unpaired) electrons. The number of benzene rings is 1. The van der Waals surface area contributed by atoms with Gasteiger partial charge in [0.2, 0.25) is 5.91 Å². The van der Waals surface area contributed by atoms with Crippen LogP contribution in [-0.2, 0) is 11.2 Å². The van der Waals surface area contributed by atoms with Crippen LogP contribution in [0.15, 0.2) is 30.5 Å². The highest BCUT2D eigenvalue weighted by molar-refractivity contribution is 5.98. The van der Waals surface area contributed by atoms with E-state index in [9.17, 15) is 9.59 Å². The maximum Gasteiger partial charge on any atom is 0.325 e. The predicted octanol–water partition coefficient (Wildman–Crippen LogP) is 1.59. The Balaban J connectivity index is 1.49. The lowest BCUT2D eigenvalue weighted by molar-refractivity contribution is -0.136. The summed E-state index contributed by atoms with van der Waals surface area (Å²) >= 11 is 0. The van der Waals surface area contributed by atoms with Gasteiger partial charge in [-0.2, -0.15) is 0 Å². The monoisotopic (exact) mass is 312 g/mol. The molecule has 0 saturated carbocycles.